The molecule has 0 saturated carbocycles. The van der Waals surface area contributed by atoms with Gasteiger partial charge in [-0.15, -0.1) is 0 Å². The second-order valence-electron chi connectivity index (χ2n) is 3.53. The summed E-state index contributed by atoms with van der Waals surface area (Å²) in [5.74, 6) is -4.03. The molecule has 18 heavy (non-hydrogen) atoms. The van der Waals surface area contributed by atoms with E-state index in [4.69, 9.17) is 5.73 Å². The number of hydrogen-bond donors (Lipinski definition) is 2. The number of rotatable bonds is 1. The Morgan fingerprint density at radius 3 is 2.39 bits per heavy atom. The van der Waals surface area contributed by atoms with Crippen LogP contribution in [0.1, 0.15) is 5.76 Å². The van der Waals surface area contributed by atoms with E-state index in [1.165, 1.54) is 12.1 Å². The third-order valence-corrected chi connectivity index (χ3v) is 2.28. The van der Waals surface area contributed by atoms with Crippen molar-refractivity contribution in [3.8, 4) is 16.9 Å². The van der Waals surface area contributed by atoms with Gasteiger partial charge in [0, 0.05) is 0 Å². The molecular formula is C11H7F4NO2. The summed E-state index contributed by atoms with van der Waals surface area (Å²) in [5.41, 5.74) is 4.90. The Morgan fingerprint density at radius 1 is 1.22 bits per heavy atom. The largest absolute Gasteiger partial charge is 0.504 e. The van der Waals surface area contributed by atoms with Gasteiger partial charge in [-0.25, -0.2) is 4.39 Å². The van der Waals surface area contributed by atoms with Crippen LogP contribution in [-0.2, 0) is 6.18 Å². The summed E-state index contributed by atoms with van der Waals surface area (Å²) in [6.45, 7) is 0. The molecule has 96 valence electrons. The molecule has 0 aliphatic carbocycles. The number of furan rings is 1. The number of halogens is 4. The van der Waals surface area contributed by atoms with Crippen molar-refractivity contribution >= 4 is 5.88 Å². The van der Waals surface area contributed by atoms with Crippen LogP contribution in [-0.4, -0.2) is 5.11 Å². The van der Waals surface area contributed by atoms with E-state index >= 15 is 0 Å². The molecular weight excluding hydrogens is 254 g/mol. The number of nitrogens with two attached hydrogens (primary N) is 1. The van der Waals surface area contributed by atoms with Gasteiger partial charge in [0.05, 0.1) is 5.56 Å². The summed E-state index contributed by atoms with van der Waals surface area (Å²) in [6, 6.07) is 4.65. The number of nitrogen functional groups attached to an aromatic ring is 1. The fourth-order valence-electron chi connectivity index (χ4n) is 1.55. The maximum Gasteiger partial charge on any atom is 0.453 e. The second kappa shape index (κ2) is 3.94. The van der Waals surface area contributed by atoms with Crippen LogP contribution >= 0.6 is 0 Å². The fraction of sp³-hybridized carbons (Fsp3) is 0.0909. The molecule has 0 unspecified atom stereocenters. The molecule has 0 spiro atoms. The van der Waals surface area contributed by atoms with E-state index in [0.29, 0.717) is 0 Å². The van der Waals surface area contributed by atoms with Crippen LogP contribution in [0.4, 0.5) is 23.4 Å². The average Bonchev–Trinajstić information content (AvgIpc) is 2.54. The van der Waals surface area contributed by atoms with Gasteiger partial charge in [0.15, 0.2) is 5.75 Å². The fourth-order valence-corrected chi connectivity index (χ4v) is 1.55. The van der Waals surface area contributed by atoms with E-state index in [1.807, 2.05) is 0 Å². The van der Waals surface area contributed by atoms with Crippen molar-refractivity contribution in [1.29, 1.82) is 0 Å². The monoisotopic (exact) mass is 261 g/mol. The van der Waals surface area contributed by atoms with Crippen molar-refractivity contribution in [1.82, 2.24) is 0 Å². The van der Waals surface area contributed by atoms with Crippen LogP contribution in [0.2, 0.25) is 0 Å². The lowest BCUT2D eigenvalue weighted by atomic mass is 10.1. The Morgan fingerprint density at radius 2 is 1.89 bits per heavy atom. The summed E-state index contributed by atoms with van der Waals surface area (Å²) in [6.07, 6.45) is -4.87. The molecule has 1 aromatic heterocycles. The molecule has 0 aliphatic rings. The van der Waals surface area contributed by atoms with Crippen LogP contribution in [0, 0.1) is 5.82 Å². The van der Waals surface area contributed by atoms with Gasteiger partial charge >= 0.3 is 6.18 Å². The predicted molar refractivity (Wildman–Crippen MR) is 55.2 cm³/mol. The molecule has 0 fully saturated rings. The van der Waals surface area contributed by atoms with Crippen molar-refractivity contribution in [2.45, 2.75) is 6.18 Å². The normalized spacial score (nSPS) is 11.8. The van der Waals surface area contributed by atoms with Crippen LogP contribution < -0.4 is 5.73 Å². The Bertz CT molecular complexity index is 589. The molecule has 2 rings (SSSR count). The van der Waals surface area contributed by atoms with Crippen LogP contribution in [0.3, 0.4) is 0 Å². The molecule has 0 radical (unpaired) electrons. The van der Waals surface area contributed by atoms with Gasteiger partial charge in [0.25, 0.3) is 5.76 Å². The Balaban J connectivity index is 2.63. The standard InChI is InChI=1S/C11H7F4NO2/c12-6-3-1-2-5(4-6)7-8(17)9(11(13,14)15)18-10(7)16/h1-4,17H,16H2. The lowest BCUT2D eigenvalue weighted by molar-refractivity contribution is -0.153. The Hall–Kier alpha value is -2.18. The first-order valence-corrected chi connectivity index (χ1v) is 4.75. The highest BCUT2D eigenvalue weighted by Crippen LogP contribution is 2.46. The smallest absolute Gasteiger partial charge is 0.453 e. The Kier molecular flexibility index (Phi) is 2.68. The Labute approximate surface area is 98.4 Å². The van der Waals surface area contributed by atoms with Crippen LogP contribution in [0.25, 0.3) is 11.1 Å². The van der Waals surface area contributed by atoms with E-state index in [2.05, 4.69) is 4.42 Å². The van der Waals surface area contributed by atoms with Crippen LogP contribution in [0.15, 0.2) is 28.7 Å². The van der Waals surface area contributed by atoms with Crippen molar-refractivity contribution in [2.24, 2.45) is 0 Å². The minimum absolute atomic E-state index is 0.00394. The summed E-state index contributed by atoms with van der Waals surface area (Å²) in [7, 11) is 0. The first-order chi connectivity index (χ1) is 8.30. The molecule has 1 aromatic carbocycles. The quantitative estimate of drug-likeness (QED) is 0.773. The van der Waals surface area contributed by atoms with Gasteiger partial charge < -0.3 is 15.3 Å². The zero-order valence-electron chi connectivity index (χ0n) is 8.75. The summed E-state index contributed by atoms with van der Waals surface area (Å²) >= 11 is 0. The first-order valence-electron chi connectivity index (χ1n) is 4.75. The molecule has 1 heterocycles. The maximum atomic E-state index is 13.0. The van der Waals surface area contributed by atoms with Crippen molar-refractivity contribution < 1.29 is 27.1 Å². The van der Waals surface area contributed by atoms with Gasteiger partial charge in [0.2, 0.25) is 5.88 Å². The summed E-state index contributed by atoms with van der Waals surface area (Å²) in [5, 5.41) is 9.47. The minimum Gasteiger partial charge on any atom is -0.504 e. The second-order valence-corrected chi connectivity index (χ2v) is 3.53. The van der Waals surface area contributed by atoms with Gasteiger partial charge in [-0.1, -0.05) is 12.1 Å². The highest BCUT2D eigenvalue weighted by molar-refractivity contribution is 5.80. The molecule has 0 amide bonds. The zero-order chi connectivity index (χ0) is 13.5. The first kappa shape index (κ1) is 12.3. The number of anilines is 1. The molecule has 2 aromatic rings. The van der Waals surface area contributed by atoms with Gasteiger partial charge in [-0.3, -0.25) is 0 Å². The van der Waals surface area contributed by atoms with Crippen molar-refractivity contribution in [3.05, 3.63) is 35.8 Å². The molecule has 3 nitrogen and oxygen atoms in total. The summed E-state index contributed by atoms with van der Waals surface area (Å²) < 4.78 is 54.6. The number of hydrogen-bond acceptors (Lipinski definition) is 3. The predicted octanol–water partition coefficient (Wildman–Crippen LogP) is 3.39. The van der Waals surface area contributed by atoms with Crippen molar-refractivity contribution in [3.63, 3.8) is 0 Å². The highest BCUT2D eigenvalue weighted by Gasteiger charge is 2.41. The molecule has 0 atom stereocenters. The molecule has 0 saturated heterocycles. The lowest BCUT2D eigenvalue weighted by Gasteiger charge is -2.02. The number of alkyl halides is 3. The minimum atomic E-state index is -4.87. The molecule has 7 heteroatoms. The van der Waals surface area contributed by atoms with E-state index in [-0.39, 0.29) is 11.1 Å². The highest BCUT2D eigenvalue weighted by atomic mass is 19.4. The maximum absolute atomic E-state index is 13.0. The molecule has 0 aliphatic heterocycles. The average molecular weight is 261 g/mol. The lowest BCUT2D eigenvalue weighted by Crippen LogP contribution is -2.02. The number of benzene rings is 1. The van der Waals surface area contributed by atoms with E-state index in [9.17, 15) is 22.7 Å². The zero-order valence-corrected chi connectivity index (χ0v) is 8.75. The third-order valence-electron chi connectivity index (χ3n) is 2.28. The van der Waals surface area contributed by atoms with E-state index in [0.717, 1.165) is 12.1 Å². The summed E-state index contributed by atoms with van der Waals surface area (Å²) in [4.78, 5) is 0. The molecule has 0 bridgehead atoms. The topological polar surface area (TPSA) is 59.4 Å². The van der Waals surface area contributed by atoms with E-state index in [1.54, 1.807) is 0 Å². The van der Waals surface area contributed by atoms with Gasteiger partial charge in [-0.05, 0) is 17.7 Å². The van der Waals surface area contributed by atoms with Gasteiger partial charge in [0.1, 0.15) is 5.82 Å². The third kappa shape index (κ3) is 1.99. The molecule has 3 N–H and O–H groups in total. The van der Waals surface area contributed by atoms with E-state index < -0.39 is 29.4 Å². The van der Waals surface area contributed by atoms with Crippen LogP contribution in [0.5, 0.6) is 5.75 Å². The van der Waals surface area contributed by atoms with Crippen molar-refractivity contribution in [2.75, 3.05) is 5.73 Å². The number of aromatic hydroxyl groups is 1. The SMILES string of the molecule is Nc1oc(C(F)(F)F)c(O)c1-c1cccc(F)c1. The van der Waals surface area contributed by atoms with Gasteiger partial charge in [-0.2, -0.15) is 13.2 Å².